The molecule has 176 valence electrons. The number of rotatable bonds is 10. The molecular formula is C28H29ClN2O3. The van der Waals surface area contributed by atoms with E-state index in [1.54, 1.807) is 0 Å². The van der Waals surface area contributed by atoms with Crippen molar-refractivity contribution in [3.05, 3.63) is 108 Å². The summed E-state index contributed by atoms with van der Waals surface area (Å²) in [5, 5.41) is 0. The summed E-state index contributed by atoms with van der Waals surface area (Å²) in [6.45, 7) is 3.77. The molecule has 0 aliphatic carbocycles. The zero-order valence-electron chi connectivity index (χ0n) is 19.1. The monoisotopic (exact) mass is 476 g/mol. The van der Waals surface area contributed by atoms with Gasteiger partial charge in [0.15, 0.2) is 0 Å². The summed E-state index contributed by atoms with van der Waals surface area (Å²) in [6.07, 6.45) is 0. The number of halogens is 1. The quantitative estimate of drug-likeness (QED) is 0.296. The molecule has 0 atom stereocenters. The van der Waals surface area contributed by atoms with Crippen molar-refractivity contribution >= 4 is 12.4 Å². The van der Waals surface area contributed by atoms with Gasteiger partial charge in [-0.25, -0.2) is 0 Å². The van der Waals surface area contributed by atoms with Crippen LogP contribution in [0.1, 0.15) is 23.6 Å². The van der Waals surface area contributed by atoms with Gasteiger partial charge in [0.25, 0.3) is 0 Å². The Morgan fingerprint density at radius 2 is 1.32 bits per heavy atom. The zero-order valence-corrected chi connectivity index (χ0v) is 20.0. The van der Waals surface area contributed by atoms with Crippen LogP contribution in [0.15, 0.2) is 91.0 Å². The summed E-state index contributed by atoms with van der Waals surface area (Å²) in [4.78, 5) is 4.70. The zero-order chi connectivity index (χ0) is 22.9. The lowest BCUT2D eigenvalue weighted by molar-refractivity contribution is 0.268. The standard InChI is InChI=1S/C28H28N2O3.ClH/c1-2-31-24-13-14-25(23(17-24)18-29)26-15-16-27(32-19-21-9-5-3-6-10-21)30-28(26)33-20-22-11-7-4-8-12-22;/h3-17H,2,18-20,29H2,1H3;1H. The Balaban J connectivity index is 0.00000324. The molecule has 0 aliphatic rings. The number of hydrogen-bond acceptors (Lipinski definition) is 5. The number of ether oxygens (including phenoxy) is 3. The Morgan fingerprint density at radius 3 is 1.94 bits per heavy atom. The minimum Gasteiger partial charge on any atom is -0.494 e. The maximum absolute atomic E-state index is 6.18. The summed E-state index contributed by atoms with van der Waals surface area (Å²) in [7, 11) is 0. The normalized spacial score (nSPS) is 10.3. The van der Waals surface area contributed by atoms with Gasteiger partial charge in [-0.1, -0.05) is 66.7 Å². The van der Waals surface area contributed by atoms with Gasteiger partial charge in [-0.05, 0) is 47.4 Å². The average molecular weight is 477 g/mol. The first kappa shape index (κ1) is 25.1. The van der Waals surface area contributed by atoms with Crippen molar-refractivity contribution in [1.29, 1.82) is 0 Å². The van der Waals surface area contributed by atoms with Gasteiger partial charge in [-0.2, -0.15) is 4.98 Å². The molecule has 1 heterocycles. The molecule has 0 bridgehead atoms. The number of hydrogen-bond donors (Lipinski definition) is 1. The van der Waals surface area contributed by atoms with Crippen LogP contribution in [0.5, 0.6) is 17.5 Å². The van der Waals surface area contributed by atoms with Gasteiger partial charge in [0, 0.05) is 18.2 Å². The van der Waals surface area contributed by atoms with Gasteiger partial charge in [0.05, 0.1) is 6.61 Å². The minimum absolute atomic E-state index is 0. The Bertz CT molecular complexity index is 1170. The van der Waals surface area contributed by atoms with Gasteiger partial charge in [0.2, 0.25) is 11.8 Å². The van der Waals surface area contributed by atoms with Crippen LogP contribution in [0.3, 0.4) is 0 Å². The van der Waals surface area contributed by atoms with E-state index >= 15 is 0 Å². The van der Waals surface area contributed by atoms with Crippen LogP contribution >= 0.6 is 12.4 Å². The van der Waals surface area contributed by atoms with E-state index in [0.717, 1.165) is 33.6 Å². The lowest BCUT2D eigenvalue weighted by Gasteiger charge is -2.16. The maximum atomic E-state index is 6.18. The highest BCUT2D eigenvalue weighted by Crippen LogP contribution is 2.35. The number of benzene rings is 3. The van der Waals surface area contributed by atoms with E-state index in [9.17, 15) is 0 Å². The van der Waals surface area contributed by atoms with Crippen LogP contribution < -0.4 is 19.9 Å². The average Bonchev–Trinajstić information content (AvgIpc) is 2.88. The molecule has 0 aliphatic heterocycles. The fraction of sp³-hybridized carbons (Fsp3) is 0.179. The van der Waals surface area contributed by atoms with E-state index in [1.165, 1.54) is 0 Å². The van der Waals surface area contributed by atoms with Gasteiger partial charge < -0.3 is 19.9 Å². The molecule has 4 aromatic rings. The van der Waals surface area contributed by atoms with Crippen molar-refractivity contribution in [1.82, 2.24) is 4.98 Å². The van der Waals surface area contributed by atoms with Crippen LogP contribution in [0.4, 0.5) is 0 Å². The highest BCUT2D eigenvalue weighted by atomic mass is 35.5. The van der Waals surface area contributed by atoms with Crippen molar-refractivity contribution in [3.8, 4) is 28.6 Å². The lowest BCUT2D eigenvalue weighted by atomic mass is 10.00. The predicted molar refractivity (Wildman–Crippen MR) is 138 cm³/mol. The number of pyridine rings is 1. The molecule has 6 heteroatoms. The largest absolute Gasteiger partial charge is 0.494 e. The molecule has 5 nitrogen and oxygen atoms in total. The number of nitrogens with zero attached hydrogens (tertiary/aromatic N) is 1. The van der Waals surface area contributed by atoms with Crippen LogP contribution in [0.25, 0.3) is 11.1 Å². The Morgan fingerprint density at radius 1 is 0.706 bits per heavy atom. The van der Waals surface area contributed by atoms with E-state index < -0.39 is 0 Å². The Hall–Kier alpha value is -3.54. The van der Waals surface area contributed by atoms with Gasteiger partial charge in [-0.3, -0.25) is 0 Å². The molecule has 0 spiro atoms. The smallest absolute Gasteiger partial charge is 0.225 e. The minimum atomic E-state index is 0. The second kappa shape index (κ2) is 12.6. The van der Waals surface area contributed by atoms with Gasteiger partial charge in [0.1, 0.15) is 19.0 Å². The molecular weight excluding hydrogens is 448 g/mol. The summed E-state index contributed by atoms with van der Waals surface area (Å²) in [5.41, 5.74) is 11.0. The second-order valence-electron chi connectivity index (χ2n) is 7.51. The number of nitrogens with two attached hydrogens (primary N) is 1. The molecule has 0 amide bonds. The van der Waals surface area contributed by atoms with Crippen molar-refractivity contribution in [2.75, 3.05) is 6.61 Å². The van der Waals surface area contributed by atoms with E-state index in [2.05, 4.69) is 0 Å². The number of aromatic nitrogens is 1. The highest BCUT2D eigenvalue weighted by Gasteiger charge is 2.15. The van der Waals surface area contributed by atoms with Gasteiger partial charge in [-0.15, -0.1) is 12.4 Å². The van der Waals surface area contributed by atoms with E-state index in [4.69, 9.17) is 24.9 Å². The maximum Gasteiger partial charge on any atom is 0.225 e. The van der Waals surface area contributed by atoms with E-state index in [-0.39, 0.29) is 12.4 Å². The Kier molecular flexibility index (Phi) is 9.32. The summed E-state index contributed by atoms with van der Waals surface area (Å²) < 4.78 is 17.8. The van der Waals surface area contributed by atoms with Crippen LogP contribution in [0, 0.1) is 0 Å². The van der Waals surface area contributed by atoms with Crippen LogP contribution in [0.2, 0.25) is 0 Å². The molecule has 0 unspecified atom stereocenters. The molecule has 0 radical (unpaired) electrons. The fourth-order valence-corrected chi connectivity index (χ4v) is 3.53. The third-order valence-electron chi connectivity index (χ3n) is 5.18. The molecule has 3 aromatic carbocycles. The third-order valence-corrected chi connectivity index (χ3v) is 5.18. The summed E-state index contributed by atoms with van der Waals surface area (Å²) in [6, 6.07) is 29.8. The van der Waals surface area contributed by atoms with Crippen molar-refractivity contribution in [3.63, 3.8) is 0 Å². The fourth-order valence-electron chi connectivity index (χ4n) is 3.53. The molecule has 0 saturated heterocycles. The van der Waals surface area contributed by atoms with E-state index in [1.807, 2.05) is 97.9 Å². The third kappa shape index (κ3) is 6.50. The summed E-state index contributed by atoms with van der Waals surface area (Å²) in [5.74, 6) is 1.80. The van der Waals surface area contributed by atoms with Crippen molar-refractivity contribution in [2.45, 2.75) is 26.7 Å². The Labute approximate surface area is 206 Å². The second-order valence-corrected chi connectivity index (χ2v) is 7.51. The predicted octanol–water partition coefficient (Wildman–Crippen LogP) is 6.19. The molecule has 34 heavy (non-hydrogen) atoms. The molecule has 0 fully saturated rings. The summed E-state index contributed by atoms with van der Waals surface area (Å²) >= 11 is 0. The lowest BCUT2D eigenvalue weighted by Crippen LogP contribution is -2.05. The molecule has 2 N–H and O–H groups in total. The van der Waals surface area contributed by atoms with Crippen molar-refractivity contribution < 1.29 is 14.2 Å². The van der Waals surface area contributed by atoms with Crippen LogP contribution in [-0.2, 0) is 19.8 Å². The topological polar surface area (TPSA) is 66.6 Å². The molecule has 1 aromatic heterocycles. The first-order valence-corrected chi connectivity index (χ1v) is 11.1. The van der Waals surface area contributed by atoms with Crippen molar-refractivity contribution in [2.24, 2.45) is 5.73 Å². The first-order valence-electron chi connectivity index (χ1n) is 11.1. The first-order chi connectivity index (χ1) is 16.3. The highest BCUT2D eigenvalue weighted by molar-refractivity contribution is 5.85. The van der Waals surface area contributed by atoms with Crippen LogP contribution in [-0.4, -0.2) is 11.6 Å². The molecule has 0 saturated carbocycles. The molecule has 4 rings (SSSR count). The SMILES string of the molecule is CCOc1ccc(-c2ccc(OCc3ccccc3)nc2OCc2ccccc2)c(CN)c1.Cl. The van der Waals surface area contributed by atoms with Gasteiger partial charge >= 0.3 is 0 Å². The van der Waals surface area contributed by atoms with E-state index in [0.29, 0.717) is 38.1 Å².